The zero-order valence-corrected chi connectivity index (χ0v) is 10.6. The molecule has 0 bridgehead atoms. The molecule has 0 amide bonds. The van der Waals surface area contributed by atoms with Gasteiger partial charge in [-0.15, -0.1) is 0 Å². The number of fused-ring (bicyclic) bond motifs is 1. The number of halogens is 3. The molecule has 0 unspecified atom stereocenters. The fraction of sp³-hybridized carbons (Fsp3) is 0.286. The van der Waals surface area contributed by atoms with Gasteiger partial charge < -0.3 is 5.11 Å². The lowest BCUT2D eigenvalue weighted by atomic mass is 9.89. The summed E-state index contributed by atoms with van der Waals surface area (Å²) in [6.07, 6.45) is -3.19. The van der Waals surface area contributed by atoms with Gasteiger partial charge in [-0.25, -0.2) is 0 Å². The highest BCUT2D eigenvalue weighted by atomic mass is 19.4. The Balaban J connectivity index is 2.49. The normalized spacial score (nSPS) is 15.0. The lowest BCUT2D eigenvalue weighted by Crippen LogP contribution is -2.31. The van der Waals surface area contributed by atoms with Crippen LogP contribution in [0.1, 0.15) is 18.5 Å². The lowest BCUT2D eigenvalue weighted by molar-refractivity contribution is -0.184. The Bertz CT molecular complexity index is 640. The second-order valence-electron chi connectivity index (χ2n) is 4.60. The van der Waals surface area contributed by atoms with Gasteiger partial charge in [0.1, 0.15) is 5.92 Å². The number of aromatic nitrogens is 1. The quantitative estimate of drug-likeness (QED) is 0.936. The molecule has 0 aliphatic heterocycles. The highest BCUT2D eigenvalue weighted by molar-refractivity contribution is 5.84. The van der Waals surface area contributed by atoms with Crippen molar-refractivity contribution in [1.82, 2.24) is 4.98 Å². The standard InChI is InChI=1S/C14H12F3NO2/c1-8(14(15,16)17)12(13(19)20)11-6-9-4-2-3-5-10(9)7-18-11/h2-8,12H,1H3,(H,19,20)/t8-,12+/m1/s1. The number of pyridine rings is 1. The molecule has 1 aromatic heterocycles. The number of carbonyl (C=O) groups is 1. The van der Waals surface area contributed by atoms with Crippen molar-refractivity contribution in [3.63, 3.8) is 0 Å². The number of aliphatic carboxylic acids is 1. The molecule has 106 valence electrons. The summed E-state index contributed by atoms with van der Waals surface area (Å²) in [5.74, 6) is -5.24. The van der Waals surface area contributed by atoms with E-state index in [4.69, 9.17) is 5.11 Å². The smallest absolute Gasteiger partial charge is 0.392 e. The van der Waals surface area contributed by atoms with Crippen molar-refractivity contribution < 1.29 is 23.1 Å². The van der Waals surface area contributed by atoms with Crippen LogP contribution in [-0.4, -0.2) is 22.2 Å². The van der Waals surface area contributed by atoms with Crippen LogP contribution < -0.4 is 0 Å². The van der Waals surface area contributed by atoms with Gasteiger partial charge in [0.15, 0.2) is 0 Å². The second-order valence-corrected chi connectivity index (χ2v) is 4.60. The molecule has 0 saturated heterocycles. The highest BCUT2D eigenvalue weighted by Gasteiger charge is 2.45. The van der Waals surface area contributed by atoms with Crippen LogP contribution in [0.5, 0.6) is 0 Å². The van der Waals surface area contributed by atoms with E-state index in [0.29, 0.717) is 5.39 Å². The topological polar surface area (TPSA) is 50.2 Å². The van der Waals surface area contributed by atoms with E-state index in [1.54, 1.807) is 24.3 Å². The Morgan fingerprint density at radius 1 is 1.25 bits per heavy atom. The summed E-state index contributed by atoms with van der Waals surface area (Å²) in [5.41, 5.74) is -0.0824. The number of nitrogens with zero attached hydrogens (tertiary/aromatic N) is 1. The molecule has 1 heterocycles. The minimum Gasteiger partial charge on any atom is -0.481 e. The van der Waals surface area contributed by atoms with Gasteiger partial charge in [0, 0.05) is 11.6 Å². The van der Waals surface area contributed by atoms with Crippen LogP contribution in [0.4, 0.5) is 13.2 Å². The zero-order valence-electron chi connectivity index (χ0n) is 10.6. The van der Waals surface area contributed by atoms with Gasteiger partial charge in [-0.05, 0) is 11.5 Å². The molecule has 0 aliphatic rings. The van der Waals surface area contributed by atoms with Gasteiger partial charge in [0.2, 0.25) is 0 Å². The molecular formula is C14H12F3NO2. The van der Waals surface area contributed by atoms with Crippen LogP contribution in [0.3, 0.4) is 0 Å². The molecule has 2 atom stereocenters. The van der Waals surface area contributed by atoms with Gasteiger partial charge in [-0.1, -0.05) is 31.2 Å². The Labute approximate surface area is 113 Å². The number of carboxylic acid groups (broad SMARTS) is 1. The summed E-state index contributed by atoms with van der Waals surface area (Å²) in [6, 6.07) is 8.37. The van der Waals surface area contributed by atoms with E-state index in [2.05, 4.69) is 4.98 Å². The fourth-order valence-corrected chi connectivity index (χ4v) is 2.06. The fourth-order valence-electron chi connectivity index (χ4n) is 2.06. The molecule has 0 spiro atoms. The third-order valence-corrected chi connectivity index (χ3v) is 3.25. The molecule has 0 saturated carbocycles. The van der Waals surface area contributed by atoms with Crippen LogP contribution in [0.2, 0.25) is 0 Å². The predicted molar refractivity (Wildman–Crippen MR) is 67.3 cm³/mol. The maximum Gasteiger partial charge on any atom is 0.392 e. The van der Waals surface area contributed by atoms with E-state index >= 15 is 0 Å². The molecular weight excluding hydrogens is 271 g/mol. The number of hydrogen-bond acceptors (Lipinski definition) is 2. The van der Waals surface area contributed by atoms with Crippen molar-refractivity contribution in [3.05, 3.63) is 42.2 Å². The summed E-state index contributed by atoms with van der Waals surface area (Å²) >= 11 is 0. The summed E-state index contributed by atoms with van der Waals surface area (Å²) in [4.78, 5) is 15.1. The third-order valence-electron chi connectivity index (χ3n) is 3.25. The zero-order chi connectivity index (χ0) is 14.9. The van der Waals surface area contributed by atoms with Crippen molar-refractivity contribution in [2.24, 2.45) is 5.92 Å². The van der Waals surface area contributed by atoms with Crippen LogP contribution in [0.15, 0.2) is 36.5 Å². The van der Waals surface area contributed by atoms with E-state index in [1.165, 1.54) is 12.3 Å². The molecule has 1 N–H and O–H groups in total. The first-order chi connectivity index (χ1) is 9.30. The van der Waals surface area contributed by atoms with Gasteiger partial charge in [0.25, 0.3) is 0 Å². The monoisotopic (exact) mass is 283 g/mol. The van der Waals surface area contributed by atoms with Crippen molar-refractivity contribution in [1.29, 1.82) is 0 Å². The predicted octanol–water partition coefficient (Wildman–Crippen LogP) is 3.60. The first-order valence-electron chi connectivity index (χ1n) is 5.95. The summed E-state index contributed by atoms with van der Waals surface area (Å²) in [5, 5.41) is 10.5. The first-order valence-corrected chi connectivity index (χ1v) is 5.95. The van der Waals surface area contributed by atoms with Crippen LogP contribution in [-0.2, 0) is 4.79 Å². The van der Waals surface area contributed by atoms with Crippen molar-refractivity contribution >= 4 is 16.7 Å². The molecule has 0 aliphatic carbocycles. The van der Waals surface area contributed by atoms with Crippen LogP contribution in [0, 0.1) is 5.92 Å². The van der Waals surface area contributed by atoms with Gasteiger partial charge in [-0.2, -0.15) is 13.2 Å². The van der Waals surface area contributed by atoms with E-state index in [9.17, 15) is 18.0 Å². The number of carboxylic acids is 1. The van der Waals surface area contributed by atoms with Crippen LogP contribution >= 0.6 is 0 Å². The summed E-state index contributed by atoms with van der Waals surface area (Å²) < 4.78 is 38.3. The first kappa shape index (κ1) is 14.3. The van der Waals surface area contributed by atoms with Gasteiger partial charge >= 0.3 is 12.1 Å². The minimum atomic E-state index is -4.59. The Hall–Kier alpha value is -2.11. The van der Waals surface area contributed by atoms with Crippen molar-refractivity contribution in [2.45, 2.75) is 19.0 Å². The Kier molecular flexibility index (Phi) is 3.65. The maximum absolute atomic E-state index is 12.8. The Morgan fingerprint density at radius 3 is 2.40 bits per heavy atom. The summed E-state index contributed by atoms with van der Waals surface area (Å²) in [7, 11) is 0. The largest absolute Gasteiger partial charge is 0.481 e. The third kappa shape index (κ3) is 2.74. The van der Waals surface area contributed by atoms with Crippen molar-refractivity contribution in [3.8, 4) is 0 Å². The molecule has 6 heteroatoms. The maximum atomic E-state index is 12.8. The van der Waals surface area contributed by atoms with Crippen LogP contribution in [0.25, 0.3) is 10.8 Å². The molecule has 2 rings (SSSR count). The van der Waals surface area contributed by atoms with E-state index in [0.717, 1.165) is 12.3 Å². The SMILES string of the molecule is C[C@H]([C@H](C(=O)O)c1cc2ccccc2cn1)C(F)(F)F. The average molecular weight is 283 g/mol. The molecule has 1 aromatic carbocycles. The minimum absolute atomic E-state index is 0.0824. The molecule has 2 aromatic rings. The highest BCUT2D eigenvalue weighted by Crippen LogP contribution is 2.37. The number of alkyl halides is 3. The molecule has 0 fully saturated rings. The molecule has 3 nitrogen and oxygen atoms in total. The second kappa shape index (κ2) is 5.11. The van der Waals surface area contributed by atoms with E-state index in [1.807, 2.05) is 0 Å². The number of benzene rings is 1. The molecule has 20 heavy (non-hydrogen) atoms. The summed E-state index contributed by atoms with van der Waals surface area (Å²) in [6.45, 7) is 0.857. The molecule has 0 radical (unpaired) electrons. The Morgan fingerprint density at radius 2 is 1.85 bits per heavy atom. The average Bonchev–Trinajstić information content (AvgIpc) is 2.37. The van der Waals surface area contributed by atoms with Gasteiger partial charge in [-0.3, -0.25) is 9.78 Å². The van der Waals surface area contributed by atoms with Gasteiger partial charge in [0.05, 0.1) is 11.6 Å². The van der Waals surface area contributed by atoms with E-state index in [-0.39, 0.29) is 5.69 Å². The van der Waals surface area contributed by atoms with E-state index < -0.39 is 24.0 Å². The van der Waals surface area contributed by atoms with Crippen molar-refractivity contribution in [2.75, 3.05) is 0 Å². The number of rotatable bonds is 3. The lowest BCUT2D eigenvalue weighted by Gasteiger charge is -2.22. The number of hydrogen-bond donors (Lipinski definition) is 1.